The van der Waals surface area contributed by atoms with Gasteiger partial charge in [-0.1, -0.05) is 0 Å². The molecule has 0 spiro atoms. The van der Waals surface area contributed by atoms with E-state index in [4.69, 9.17) is 11.6 Å². The van der Waals surface area contributed by atoms with E-state index < -0.39 is 6.10 Å². The lowest BCUT2D eigenvalue weighted by Crippen LogP contribution is -2.35. The van der Waals surface area contributed by atoms with E-state index >= 15 is 0 Å². The number of ether oxygens (including phenoxy) is 1. The molecule has 0 aromatic heterocycles. The van der Waals surface area contributed by atoms with Crippen LogP contribution in [0.1, 0.15) is 6.42 Å². The summed E-state index contributed by atoms with van der Waals surface area (Å²) in [6.07, 6.45) is -0.0489. The number of likely N-dealkylation sites (tertiary alicyclic amines) is 1. The molecule has 0 unspecified atom stereocenters. The molecule has 12 heavy (non-hydrogen) atoms. The Morgan fingerprint density at radius 3 is 3.00 bits per heavy atom. The molecule has 4 nitrogen and oxygen atoms in total. The van der Waals surface area contributed by atoms with Gasteiger partial charge in [0.15, 0.2) is 0 Å². The third-order valence-electron chi connectivity index (χ3n) is 2.01. The molecule has 5 heteroatoms. The number of carbonyl (C=O) groups excluding carboxylic acids is 1. The zero-order chi connectivity index (χ0) is 9.14. The molecule has 1 rings (SSSR count). The summed E-state index contributed by atoms with van der Waals surface area (Å²) in [6.45, 7) is 0.448. The van der Waals surface area contributed by atoms with Crippen molar-refractivity contribution in [2.24, 2.45) is 0 Å². The summed E-state index contributed by atoms with van der Waals surface area (Å²) in [5.41, 5.74) is 0. The number of nitrogens with zero attached hydrogens (tertiary/aromatic N) is 1. The van der Waals surface area contributed by atoms with E-state index in [1.54, 1.807) is 4.90 Å². The van der Waals surface area contributed by atoms with Gasteiger partial charge in [-0.3, -0.25) is 9.69 Å². The Morgan fingerprint density at radius 2 is 2.50 bits per heavy atom. The van der Waals surface area contributed by atoms with Crippen molar-refractivity contribution < 1.29 is 14.6 Å². The highest BCUT2D eigenvalue weighted by Gasteiger charge is 2.35. The number of methoxy groups -OCH3 is 1. The van der Waals surface area contributed by atoms with Crippen molar-refractivity contribution in [3.8, 4) is 0 Å². The van der Waals surface area contributed by atoms with Gasteiger partial charge < -0.3 is 9.84 Å². The van der Waals surface area contributed by atoms with Crippen LogP contribution in [0.3, 0.4) is 0 Å². The van der Waals surface area contributed by atoms with Crippen LogP contribution in [0.5, 0.6) is 0 Å². The molecule has 0 aliphatic carbocycles. The van der Waals surface area contributed by atoms with Crippen molar-refractivity contribution in [3.05, 3.63) is 0 Å². The SMILES string of the molecule is COC(=O)[C@@H]1C[C@@H](O)CN1CCl. The van der Waals surface area contributed by atoms with Crippen molar-refractivity contribution in [2.45, 2.75) is 18.6 Å². The smallest absolute Gasteiger partial charge is 0.323 e. The van der Waals surface area contributed by atoms with Gasteiger partial charge in [0.05, 0.1) is 19.2 Å². The summed E-state index contributed by atoms with van der Waals surface area (Å²) in [6, 6.07) is -0.126. The zero-order valence-electron chi connectivity index (χ0n) is 6.86. The summed E-state index contributed by atoms with van der Waals surface area (Å²) in [5, 5.41) is 9.24. The molecule has 0 bridgehead atoms. The summed E-state index contributed by atoms with van der Waals surface area (Å²) in [7, 11) is 1.33. The first-order valence-electron chi connectivity index (χ1n) is 3.75. The minimum atomic E-state index is -0.465. The summed E-state index contributed by atoms with van der Waals surface area (Å²) in [5.74, 6) is -0.327. The monoisotopic (exact) mass is 193 g/mol. The number of rotatable bonds is 2. The molecule has 0 aromatic rings. The third-order valence-corrected chi connectivity index (χ3v) is 2.32. The predicted molar refractivity (Wildman–Crippen MR) is 43.9 cm³/mol. The van der Waals surface area contributed by atoms with Gasteiger partial charge in [0.1, 0.15) is 6.04 Å². The predicted octanol–water partition coefficient (Wildman–Crippen LogP) is -0.209. The summed E-state index contributed by atoms with van der Waals surface area (Å²) < 4.78 is 4.56. The molecule has 1 N–H and O–H groups in total. The summed E-state index contributed by atoms with van der Waals surface area (Å²) in [4.78, 5) is 12.8. The number of alkyl halides is 1. The average Bonchev–Trinajstić information content (AvgIpc) is 2.45. The Kier molecular flexibility index (Phi) is 3.31. The molecule has 0 saturated carbocycles. The van der Waals surface area contributed by atoms with Crippen LogP contribution in [0.15, 0.2) is 0 Å². The maximum Gasteiger partial charge on any atom is 0.323 e. The molecule has 70 valence electrons. The van der Waals surface area contributed by atoms with E-state index in [2.05, 4.69) is 4.74 Å². The Bertz CT molecular complexity index is 176. The van der Waals surface area contributed by atoms with Gasteiger partial charge >= 0.3 is 5.97 Å². The maximum absolute atomic E-state index is 11.1. The Labute approximate surface area is 76.1 Å². The number of hydrogen-bond acceptors (Lipinski definition) is 4. The molecule has 1 heterocycles. The minimum Gasteiger partial charge on any atom is -0.468 e. The first-order chi connectivity index (χ1) is 5.69. The standard InChI is InChI=1S/C7H12ClNO3/c1-12-7(11)6-2-5(10)3-9(6)4-8/h5-6,10H,2-4H2,1H3/t5-,6+/m1/s1. The number of β-amino-alcohol motifs (C(OH)–C–C–N with tert-alkyl or cyclic N) is 1. The molecule has 1 fully saturated rings. The van der Waals surface area contributed by atoms with Crippen LogP contribution in [0.25, 0.3) is 0 Å². The molecular weight excluding hydrogens is 182 g/mol. The van der Waals surface area contributed by atoms with E-state index in [-0.39, 0.29) is 18.0 Å². The van der Waals surface area contributed by atoms with Crippen LogP contribution in [0.2, 0.25) is 0 Å². The molecule has 2 atom stereocenters. The lowest BCUT2D eigenvalue weighted by atomic mass is 10.2. The van der Waals surface area contributed by atoms with Crippen LogP contribution in [0.4, 0.5) is 0 Å². The summed E-state index contributed by atoms with van der Waals surface area (Å²) >= 11 is 5.58. The quantitative estimate of drug-likeness (QED) is 0.375. The second kappa shape index (κ2) is 4.07. The van der Waals surface area contributed by atoms with Gasteiger partial charge in [-0.05, 0) is 0 Å². The van der Waals surface area contributed by atoms with Gasteiger partial charge in [-0.2, -0.15) is 0 Å². The number of hydrogen-bond donors (Lipinski definition) is 1. The van der Waals surface area contributed by atoms with Crippen LogP contribution < -0.4 is 0 Å². The number of halogens is 1. The molecule has 0 amide bonds. The minimum absolute atomic E-state index is 0.247. The largest absolute Gasteiger partial charge is 0.468 e. The second-order valence-corrected chi connectivity index (χ2v) is 3.06. The number of aliphatic hydroxyl groups excluding tert-OH is 1. The fraction of sp³-hybridized carbons (Fsp3) is 0.857. The molecule has 1 aliphatic rings. The maximum atomic E-state index is 11.1. The van der Waals surface area contributed by atoms with E-state index in [1.807, 2.05) is 0 Å². The third kappa shape index (κ3) is 1.88. The zero-order valence-corrected chi connectivity index (χ0v) is 7.62. The number of esters is 1. The van der Waals surface area contributed by atoms with E-state index in [9.17, 15) is 9.90 Å². The Balaban J connectivity index is 2.57. The van der Waals surface area contributed by atoms with Crippen molar-refractivity contribution in [3.63, 3.8) is 0 Å². The van der Waals surface area contributed by atoms with Gasteiger partial charge in [0, 0.05) is 13.0 Å². The van der Waals surface area contributed by atoms with Gasteiger partial charge in [0.2, 0.25) is 0 Å². The van der Waals surface area contributed by atoms with Gasteiger partial charge in [-0.25, -0.2) is 0 Å². The molecule has 0 aromatic carbocycles. The second-order valence-electron chi connectivity index (χ2n) is 2.82. The molecule has 1 saturated heterocycles. The molecule has 1 aliphatic heterocycles. The van der Waals surface area contributed by atoms with E-state index in [0.29, 0.717) is 13.0 Å². The highest BCUT2D eigenvalue weighted by atomic mass is 35.5. The fourth-order valence-electron chi connectivity index (χ4n) is 1.39. The lowest BCUT2D eigenvalue weighted by Gasteiger charge is -2.18. The molecular formula is C7H12ClNO3. The number of carbonyl (C=O) groups is 1. The van der Waals surface area contributed by atoms with Crippen molar-refractivity contribution in [1.82, 2.24) is 4.90 Å². The van der Waals surface area contributed by atoms with E-state index in [1.165, 1.54) is 7.11 Å². The topological polar surface area (TPSA) is 49.8 Å². The highest BCUT2D eigenvalue weighted by Crippen LogP contribution is 2.18. The van der Waals surface area contributed by atoms with Crippen LogP contribution in [0, 0.1) is 0 Å². The van der Waals surface area contributed by atoms with Crippen molar-refractivity contribution >= 4 is 17.6 Å². The molecule has 0 radical (unpaired) electrons. The van der Waals surface area contributed by atoms with Crippen LogP contribution in [-0.4, -0.2) is 47.8 Å². The van der Waals surface area contributed by atoms with Gasteiger partial charge in [0.25, 0.3) is 0 Å². The highest BCUT2D eigenvalue weighted by molar-refractivity contribution is 6.17. The first kappa shape index (κ1) is 9.77. The first-order valence-corrected chi connectivity index (χ1v) is 4.28. The van der Waals surface area contributed by atoms with Crippen LogP contribution in [-0.2, 0) is 9.53 Å². The van der Waals surface area contributed by atoms with Crippen molar-refractivity contribution in [2.75, 3.05) is 19.7 Å². The van der Waals surface area contributed by atoms with Crippen molar-refractivity contribution in [1.29, 1.82) is 0 Å². The lowest BCUT2D eigenvalue weighted by molar-refractivity contribution is -0.145. The number of aliphatic hydroxyl groups is 1. The Morgan fingerprint density at radius 1 is 1.83 bits per heavy atom. The Hall–Kier alpha value is -0.320. The van der Waals surface area contributed by atoms with E-state index in [0.717, 1.165) is 0 Å². The fourth-order valence-corrected chi connectivity index (χ4v) is 1.66. The van der Waals surface area contributed by atoms with Gasteiger partial charge in [-0.15, -0.1) is 11.6 Å². The van der Waals surface area contributed by atoms with Crippen LogP contribution >= 0.6 is 11.6 Å². The average molecular weight is 194 g/mol. The normalized spacial score (nSPS) is 30.6.